The van der Waals surface area contributed by atoms with Crippen molar-refractivity contribution in [2.75, 3.05) is 40.4 Å². The van der Waals surface area contributed by atoms with Crippen LogP contribution in [0.4, 0.5) is 4.39 Å². The standard InChI is InChI=1S/C36H41FN6O4/c1-40(2)36(14-15-36)34(45)39-28-10-12-29(13-11-28)43-33(44)31-21-27(37)22-38-32(31)42(35(43)46)30-5-3-4-26(20-30)25-8-6-24(7-9-25)23-41-16-18-47-19-17-41/h3-9,20-22,28-29H,10-19,23H2,1-2H3,(H,39,45). The summed E-state index contributed by atoms with van der Waals surface area (Å²) in [5.41, 5.74) is 2.31. The first-order chi connectivity index (χ1) is 22.7. The molecule has 0 atom stereocenters. The summed E-state index contributed by atoms with van der Waals surface area (Å²) in [6.45, 7) is 4.21. The van der Waals surface area contributed by atoms with E-state index in [1.165, 1.54) is 14.7 Å². The van der Waals surface area contributed by atoms with Crippen LogP contribution < -0.4 is 16.6 Å². The number of hydrogen-bond acceptors (Lipinski definition) is 7. The highest BCUT2D eigenvalue weighted by Crippen LogP contribution is 2.40. The predicted octanol–water partition coefficient (Wildman–Crippen LogP) is 3.88. The molecule has 4 aromatic rings. The van der Waals surface area contributed by atoms with Gasteiger partial charge in [0, 0.05) is 31.7 Å². The van der Waals surface area contributed by atoms with E-state index >= 15 is 0 Å². The Morgan fingerprint density at radius 3 is 2.40 bits per heavy atom. The maximum absolute atomic E-state index is 14.5. The van der Waals surface area contributed by atoms with Gasteiger partial charge in [-0.1, -0.05) is 36.4 Å². The van der Waals surface area contributed by atoms with Gasteiger partial charge in [-0.15, -0.1) is 0 Å². The predicted molar refractivity (Wildman–Crippen MR) is 178 cm³/mol. The lowest BCUT2D eigenvalue weighted by Gasteiger charge is -2.32. The van der Waals surface area contributed by atoms with E-state index in [1.54, 1.807) is 0 Å². The van der Waals surface area contributed by atoms with Crippen LogP contribution in [0.25, 0.3) is 27.8 Å². The Labute approximate surface area is 272 Å². The number of rotatable bonds is 8. The smallest absolute Gasteiger partial charge is 0.337 e. The number of pyridine rings is 1. The van der Waals surface area contributed by atoms with E-state index in [-0.39, 0.29) is 29.0 Å². The fourth-order valence-electron chi connectivity index (χ4n) is 7.18. The van der Waals surface area contributed by atoms with Crippen molar-refractivity contribution in [3.05, 3.63) is 93.0 Å². The molecule has 7 rings (SSSR count). The van der Waals surface area contributed by atoms with Crippen LogP contribution in [0.3, 0.4) is 0 Å². The van der Waals surface area contributed by atoms with Crippen molar-refractivity contribution in [2.45, 2.75) is 62.7 Å². The highest BCUT2D eigenvalue weighted by Gasteiger charge is 2.52. The van der Waals surface area contributed by atoms with Gasteiger partial charge in [-0.25, -0.2) is 18.7 Å². The van der Waals surface area contributed by atoms with Crippen molar-refractivity contribution in [3.8, 4) is 16.8 Å². The quantitative estimate of drug-likeness (QED) is 0.312. The third-order valence-electron chi connectivity index (χ3n) is 10.2. The Bertz CT molecular complexity index is 1900. The minimum Gasteiger partial charge on any atom is -0.379 e. The molecule has 1 aliphatic heterocycles. The van der Waals surface area contributed by atoms with Gasteiger partial charge in [-0.05, 0) is 87.5 Å². The SMILES string of the molecule is CN(C)C1(C(=O)NC2CCC(n3c(=O)c4cc(F)cnc4n(-c4cccc(-c5ccc(CN6CCOCC6)cc5)c4)c3=O)CC2)CC1. The molecule has 0 unspecified atom stereocenters. The fourth-order valence-corrected chi connectivity index (χ4v) is 7.18. The van der Waals surface area contributed by atoms with Gasteiger partial charge in [0.05, 0.1) is 36.0 Å². The highest BCUT2D eigenvalue weighted by atomic mass is 19.1. The molecule has 3 fully saturated rings. The largest absolute Gasteiger partial charge is 0.379 e. The monoisotopic (exact) mass is 640 g/mol. The van der Waals surface area contributed by atoms with Crippen LogP contribution >= 0.6 is 0 Å². The summed E-state index contributed by atoms with van der Waals surface area (Å²) >= 11 is 0. The average molecular weight is 641 g/mol. The first kappa shape index (κ1) is 31.4. The molecule has 1 N–H and O–H groups in total. The second-order valence-corrected chi connectivity index (χ2v) is 13.4. The molecule has 2 aromatic carbocycles. The molecular formula is C36H41FN6O4. The van der Waals surface area contributed by atoms with Crippen LogP contribution in [-0.2, 0) is 16.1 Å². The van der Waals surface area contributed by atoms with Crippen molar-refractivity contribution < 1.29 is 13.9 Å². The Balaban J connectivity index is 1.17. The maximum atomic E-state index is 14.5. The summed E-state index contributed by atoms with van der Waals surface area (Å²) < 4.78 is 22.6. The topological polar surface area (TPSA) is 102 Å². The normalized spacial score (nSPS) is 21.2. The molecule has 2 saturated carbocycles. The van der Waals surface area contributed by atoms with Gasteiger partial charge >= 0.3 is 5.69 Å². The summed E-state index contributed by atoms with van der Waals surface area (Å²) in [5.74, 6) is -0.595. The van der Waals surface area contributed by atoms with E-state index in [9.17, 15) is 18.8 Å². The number of aromatic nitrogens is 3. The molecule has 3 heterocycles. The Morgan fingerprint density at radius 2 is 1.72 bits per heavy atom. The number of nitrogens with zero attached hydrogens (tertiary/aromatic N) is 5. The molecule has 11 heteroatoms. The molecule has 47 heavy (non-hydrogen) atoms. The zero-order valence-corrected chi connectivity index (χ0v) is 27.0. The van der Waals surface area contributed by atoms with Gasteiger partial charge in [-0.3, -0.25) is 24.0 Å². The summed E-state index contributed by atoms with van der Waals surface area (Å²) in [6, 6.07) is 16.7. The average Bonchev–Trinajstić information content (AvgIpc) is 3.90. The summed E-state index contributed by atoms with van der Waals surface area (Å²) in [4.78, 5) is 49.6. The van der Waals surface area contributed by atoms with Crippen LogP contribution in [0, 0.1) is 5.82 Å². The van der Waals surface area contributed by atoms with E-state index < -0.39 is 22.6 Å². The number of ether oxygens (including phenoxy) is 1. The highest BCUT2D eigenvalue weighted by molar-refractivity contribution is 5.89. The fraction of sp³-hybridized carbons (Fsp3) is 0.444. The van der Waals surface area contributed by atoms with Crippen LogP contribution in [0.2, 0.25) is 0 Å². The first-order valence-electron chi connectivity index (χ1n) is 16.5. The van der Waals surface area contributed by atoms with Crippen molar-refractivity contribution >= 4 is 16.9 Å². The Hall–Kier alpha value is -4.19. The zero-order valence-electron chi connectivity index (χ0n) is 27.0. The van der Waals surface area contributed by atoms with Gasteiger partial charge < -0.3 is 10.1 Å². The Morgan fingerprint density at radius 1 is 1.00 bits per heavy atom. The van der Waals surface area contributed by atoms with Gasteiger partial charge in [-0.2, -0.15) is 0 Å². The van der Waals surface area contributed by atoms with Crippen molar-refractivity contribution in [1.29, 1.82) is 0 Å². The molecule has 3 aliphatic rings. The van der Waals surface area contributed by atoms with Crippen molar-refractivity contribution in [1.82, 2.24) is 29.2 Å². The Kier molecular flexibility index (Phi) is 8.54. The minimum atomic E-state index is -0.640. The van der Waals surface area contributed by atoms with E-state index in [4.69, 9.17) is 4.74 Å². The number of carbonyl (C=O) groups is 1. The van der Waals surface area contributed by atoms with Crippen molar-refractivity contribution in [2.24, 2.45) is 0 Å². The number of nitrogens with one attached hydrogen (secondary N) is 1. The number of carbonyl (C=O) groups excluding carboxylic acids is 1. The number of hydrogen-bond donors (Lipinski definition) is 1. The van der Waals surface area contributed by atoms with E-state index in [1.807, 2.05) is 43.3 Å². The van der Waals surface area contributed by atoms with Crippen LogP contribution in [-0.4, -0.2) is 81.8 Å². The number of halogens is 1. The molecule has 2 aliphatic carbocycles. The third-order valence-corrected chi connectivity index (χ3v) is 10.2. The summed E-state index contributed by atoms with van der Waals surface area (Å²) in [6.07, 6.45) is 5.09. The number of amides is 1. The second-order valence-electron chi connectivity index (χ2n) is 13.4. The number of likely N-dealkylation sites (N-methyl/N-ethyl adjacent to an activating group) is 1. The number of fused-ring (bicyclic) bond motifs is 1. The molecule has 2 aromatic heterocycles. The maximum Gasteiger partial charge on any atom is 0.337 e. The lowest BCUT2D eigenvalue weighted by Crippen LogP contribution is -2.50. The van der Waals surface area contributed by atoms with E-state index in [0.29, 0.717) is 31.4 Å². The van der Waals surface area contributed by atoms with Crippen molar-refractivity contribution in [3.63, 3.8) is 0 Å². The minimum absolute atomic E-state index is 0.0226. The molecule has 0 radical (unpaired) electrons. The lowest BCUT2D eigenvalue weighted by atomic mass is 9.90. The summed E-state index contributed by atoms with van der Waals surface area (Å²) in [7, 11) is 3.86. The molecular weight excluding hydrogens is 599 g/mol. The summed E-state index contributed by atoms with van der Waals surface area (Å²) in [5, 5.41) is 3.26. The van der Waals surface area contributed by atoms with Gasteiger partial charge in [0.25, 0.3) is 5.56 Å². The van der Waals surface area contributed by atoms with E-state index in [2.05, 4.69) is 39.5 Å². The van der Waals surface area contributed by atoms with Crippen LogP contribution in [0.15, 0.2) is 70.4 Å². The molecule has 1 saturated heterocycles. The molecule has 1 amide bonds. The van der Waals surface area contributed by atoms with Gasteiger partial charge in [0.15, 0.2) is 5.65 Å². The van der Waals surface area contributed by atoms with Gasteiger partial charge in [0.1, 0.15) is 5.82 Å². The molecule has 0 spiro atoms. The molecule has 10 nitrogen and oxygen atoms in total. The van der Waals surface area contributed by atoms with E-state index in [0.717, 1.165) is 69.1 Å². The molecule has 0 bridgehead atoms. The number of morpholine rings is 1. The van der Waals surface area contributed by atoms with Gasteiger partial charge in [0.2, 0.25) is 5.91 Å². The van der Waals surface area contributed by atoms with Crippen LogP contribution in [0.5, 0.6) is 0 Å². The second kappa shape index (κ2) is 12.8. The zero-order chi connectivity index (χ0) is 32.7. The molecule has 246 valence electrons. The number of benzene rings is 2. The lowest BCUT2D eigenvalue weighted by molar-refractivity contribution is -0.128. The first-order valence-corrected chi connectivity index (χ1v) is 16.5. The van der Waals surface area contributed by atoms with Crippen LogP contribution in [0.1, 0.15) is 50.1 Å². The third kappa shape index (κ3) is 6.15.